The summed E-state index contributed by atoms with van der Waals surface area (Å²) < 4.78 is 0. The molecule has 20 heavy (non-hydrogen) atoms. The van der Waals surface area contributed by atoms with E-state index >= 15 is 0 Å². The predicted molar refractivity (Wildman–Crippen MR) is 87.1 cm³/mol. The van der Waals surface area contributed by atoms with Gasteiger partial charge in [0.05, 0.1) is 0 Å². The largest absolute Gasteiger partial charge is 0.342 e. The van der Waals surface area contributed by atoms with Gasteiger partial charge in [-0.05, 0) is 43.4 Å². The summed E-state index contributed by atoms with van der Waals surface area (Å²) in [5.74, 6) is 1.98. The maximum absolute atomic E-state index is 12.1. The van der Waals surface area contributed by atoms with Crippen molar-refractivity contribution in [3.8, 4) is 0 Å². The molecule has 2 nitrogen and oxygen atoms in total. The lowest BCUT2D eigenvalue weighted by molar-refractivity contribution is -0.132. The predicted octanol–water partition coefficient (Wildman–Crippen LogP) is 3.61. The van der Waals surface area contributed by atoms with Gasteiger partial charge >= 0.3 is 0 Å². The van der Waals surface area contributed by atoms with E-state index < -0.39 is 0 Å². The van der Waals surface area contributed by atoms with Crippen molar-refractivity contribution in [3.05, 3.63) is 35.9 Å². The van der Waals surface area contributed by atoms with Gasteiger partial charge in [-0.1, -0.05) is 30.3 Å². The highest BCUT2D eigenvalue weighted by Gasteiger charge is 2.22. The van der Waals surface area contributed by atoms with Crippen LogP contribution in [0.2, 0.25) is 0 Å². The first-order valence-electron chi connectivity index (χ1n) is 7.60. The summed E-state index contributed by atoms with van der Waals surface area (Å²) in [6, 6.07) is 10.7. The molecule has 1 aliphatic heterocycles. The maximum Gasteiger partial charge on any atom is 0.223 e. The van der Waals surface area contributed by atoms with Crippen molar-refractivity contribution >= 4 is 17.7 Å². The fraction of sp³-hybridized carbons (Fsp3) is 0.588. The minimum Gasteiger partial charge on any atom is -0.342 e. The molecule has 110 valence electrons. The quantitative estimate of drug-likeness (QED) is 0.798. The van der Waals surface area contributed by atoms with Crippen molar-refractivity contribution in [1.29, 1.82) is 0 Å². The molecule has 1 fully saturated rings. The van der Waals surface area contributed by atoms with Crippen molar-refractivity contribution in [2.75, 3.05) is 25.1 Å². The van der Waals surface area contributed by atoms with Crippen molar-refractivity contribution in [1.82, 2.24) is 4.90 Å². The van der Waals surface area contributed by atoms with Gasteiger partial charge in [-0.2, -0.15) is 11.8 Å². The molecule has 0 saturated carbocycles. The zero-order valence-electron chi connectivity index (χ0n) is 12.4. The molecule has 1 heterocycles. The van der Waals surface area contributed by atoms with Gasteiger partial charge in [0.2, 0.25) is 5.91 Å². The van der Waals surface area contributed by atoms with Crippen LogP contribution in [0.15, 0.2) is 30.3 Å². The van der Waals surface area contributed by atoms with Crippen LogP contribution in [0, 0.1) is 5.92 Å². The number of carbonyl (C=O) groups is 1. The second kappa shape index (κ2) is 8.35. The van der Waals surface area contributed by atoms with E-state index in [2.05, 4.69) is 41.5 Å². The second-order valence-electron chi connectivity index (χ2n) is 5.62. The number of rotatable bonds is 6. The third-order valence-corrected chi connectivity index (χ3v) is 4.69. The van der Waals surface area contributed by atoms with E-state index in [9.17, 15) is 4.79 Å². The van der Waals surface area contributed by atoms with Crippen molar-refractivity contribution in [2.45, 2.75) is 32.1 Å². The number of nitrogens with zero attached hydrogens (tertiary/aromatic N) is 1. The molecule has 0 aliphatic carbocycles. The van der Waals surface area contributed by atoms with Crippen LogP contribution in [0.3, 0.4) is 0 Å². The number of thioether (sulfide) groups is 1. The molecule has 0 unspecified atom stereocenters. The van der Waals surface area contributed by atoms with E-state index in [1.165, 1.54) is 24.8 Å². The Morgan fingerprint density at radius 2 is 2.15 bits per heavy atom. The van der Waals surface area contributed by atoms with Gasteiger partial charge in [0.15, 0.2) is 0 Å². The van der Waals surface area contributed by atoms with Gasteiger partial charge in [-0.25, -0.2) is 0 Å². The van der Waals surface area contributed by atoms with E-state index in [1.807, 2.05) is 0 Å². The van der Waals surface area contributed by atoms with Crippen LogP contribution in [0.5, 0.6) is 0 Å². The van der Waals surface area contributed by atoms with Crippen LogP contribution in [0.1, 0.15) is 31.2 Å². The topological polar surface area (TPSA) is 20.3 Å². The number of hydrogen-bond acceptors (Lipinski definition) is 2. The van der Waals surface area contributed by atoms with Crippen LogP contribution in [0.4, 0.5) is 0 Å². The highest BCUT2D eigenvalue weighted by atomic mass is 32.2. The summed E-state index contributed by atoms with van der Waals surface area (Å²) in [6.07, 6.45) is 7.55. The van der Waals surface area contributed by atoms with Crippen LogP contribution in [-0.2, 0) is 11.2 Å². The highest BCUT2D eigenvalue weighted by Crippen LogP contribution is 2.22. The fourth-order valence-electron chi connectivity index (χ4n) is 2.89. The summed E-state index contributed by atoms with van der Waals surface area (Å²) in [7, 11) is 0. The van der Waals surface area contributed by atoms with Crippen LogP contribution >= 0.6 is 11.8 Å². The Kier molecular flexibility index (Phi) is 6.44. The minimum absolute atomic E-state index is 0.351. The van der Waals surface area contributed by atoms with E-state index in [1.54, 1.807) is 11.8 Å². The molecule has 0 spiro atoms. The minimum atomic E-state index is 0.351. The molecular formula is C17H25NOS. The first kappa shape index (κ1) is 15.4. The average molecular weight is 291 g/mol. The first-order chi connectivity index (χ1) is 9.79. The lowest BCUT2D eigenvalue weighted by Crippen LogP contribution is -2.40. The number of benzene rings is 1. The number of amides is 1. The Hall–Kier alpha value is -0.960. The maximum atomic E-state index is 12.1. The summed E-state index contributed by atoms with van der Waals surface area (Å²) in [4.78, 5) is 14.2. The summed E-state index contributed by atoms with van der Waals surface area (Å²) in [5.41, 5.74) is 1.42. The fourth-order valence-corrected chi connectivity index (χ4v) is 3.27. The molecule has 3 heteroatoms. The van der Waals surface area contributed by atoms with Gasteiger partial charge in [0, 0.05) is 25.3 Å². The molecule has 0 radical (unpaired) electrons. The summed E-state index contributed by atoms with van der Waals surface area (Å²) >= 11 is 1.75. The van der Waals surface area contributed by atoms with E-state index in [0.29, 0.717) is 18.2 Å². The van der Waals surface area contributed by atoms with Gasteiger partial charge in [0.1, 0.15) is 0 Å². The smallest absolute Gasteiger partial charge is 0.223 e. The molecule has 2 rings (SSSR count). The van der Waals surface area contributed by atoms with Gasteiger partial charge in [-0.3, -0.25) is 4.79 Å². The van der Waals surface area contributed by atoms with Crippen LogP contribution < -0.4 is 0 Å². The van der Waals surface area contributed by atoms with E-state index in [4.69, 9.17) is 0 Å². The number of carbonyl (C=O) groups excluding carboxylic acids is 1. The molecule has 0 N–H and O–H groups in total. The SMILES string of the molecule is CSCCC(=O)N1CCC[C@@H](CCc2ccccc2)C1. The molecule has 0 aromatic heterocycles. The lowest BCUT2D eigenvalue weighted by atomic mass is 9.91. The monoisotopic (exact) mass is 291 g/mol. The van der Waals surface area contributed by atoms with Crippen molar-refractivity contribution < 1.29 is 4.79 Å². The average Bonchev–Trinajstić information content (AvgIpc) is 2.52. The van der Waals surface area contributed by atoms with Gasteiger partial charge < -0.3 is 4.90 Å². The molecule has 1 aromatic rings. The molecule has 1 saturated heterocycles. The molecule has 1 atom stereocenters. The molecular weight excluding hydrogens is 266 g/mol. The molecule has 1 amide bonds. The first-order valence-corrected chi connectivity index (χ1v) is 8.99. The van der Waals surface area contributed by atoms with E-state index in [0.717, 1.165) is 25.3 Å². The van der Waals surface area contributed by atoms with Gasteiger partial charge in [0.25, 0.3) is 0 Å². The lowest BCUT2D eigenvalue weighted by Gasteiger charge is -2.33. The second-order valence-corrected chi connectivity index (χ2v) is 6.60. The molecule has 1 aliphatic rings. The van der Waals surface area contributed by atoms with Crippen LogP contribution in [0.25, 0.3) is 0 Å². The van der Waals surface area contributed by atoms with Crippen molar-refractivity contribution in [3.63, 3.8) is 0 Å². The Labute approximate surface area is 126 Å². The van der Waals surface area contributed by atoms with Gasteiger partial charge in [-0.15, -0.1) is 0 Å². The normalized spacial score (nSPS) is 19.1. The third kappa shape index (κ3) is 4.86. The van der Waals surface area contributed by atoms with E-state index in [-0.39, 0.29) is 0 Å². The summed E-state index contributed by atoms with van der Waals surface area (Å²) in [5, 5.41) is 0. The zero-order chi connectivity index (χ0) is 14.2. The third-order valence-electron chi connectivity index (χ3n) is 4.08. The number of piperidine rings is 1. The number of likely N-dealkylation sites (tertiary alicyclic amines) is 1. The van der Waals surface area contributed by atoms with Crippen LogP contribution in [-0.4, -0.2) is 35.9 Å². The number of hydrogen-bond donors (Lipinski definition) is 0. The Morgan fingerprint density at radius 1 is 1.35 bits per heavy atom. The summed E-state index contributed by atoms with van der Waals surface area (Å²) in [6.45, 7) is 1.94. The highest BCUT2D eigenvalue weighted by molar-refractivity contribution is 7.98. The number of aryl methyl sites for hydroxylation is 1. The Bertz CT molecular complexity index is 407. The standard InChI is InChI=1S/C17H25NOS/c1-20-13-11-17(19)18-12-5-8-16(14-18)10-9-15-6-3-2-4-7-15/h2-4,6-7,16H,5,8-14H2,1H3/t16-/m0/s1. The molecule has 0 bridgehead atoms. The van der Waals surface area contributed by atoms with Crippen molar-refractivity contribution in [2.24, 2.45) is 5.92 Å². The zero-order valence-corrected chi connectivity index (χ0v) is 13.2. The molecule has 1 aromatic carbocycles. The Morgan fingerprint density at radius 3 is 2.90 bits per heavy atom. The Balaban J connectivity index is 1.77.